The minimum atomic E-state index is 0.871. The minimum Gasteiger partial charge on any atom is -0.256 e. The maximum Gasteiger partial charge on any atom is 0.0719 e. The Balaban J connectivity index is 1.60. The Morgan fingerprint density at radius 3 is 2.68 bits per heavy atom. The van der Waals surface area contributed by atoms with Crippen molar-refractivity contribution in [1.82, 2.24) is 4.98 Å². The van der Waals surface area contributed by atoms with Crippen LogP contribution in [-0.2, 0) is 6.42 Å². The molecule has 0 spiro atoms. The molecule has 124 valence electrons. The predicted octanol–water partition coefficient (Wildman–Crippen LogP) is 6.85. The van der Waals surface area contributed by atoms with E-state index in [-0.39, 0.29) is 0 Å². The van der Waals surface area contributed by atoms with Crippen molar-refractivity contribution >= 4 is 31.5 Å². The maximum atomic E-state index is 4.71. The van der Waals surface area contributed by atoms with Gasteiger partial charge < -0.3 is 0 Å². The van der Waals surface area contributed by atoms with Crippen LogP contribution in [0.25, 0.3) is 31.4 Å². The second-order valence-corrected chi connectivity index (χ2v) is 8.24. The number of hydrogen-bond acceptors (Lipinski definition) is 2. The SMILES string of the molecule is c1ccc2c(c1)sc1c(-c3cc(CC4CCCC4)ccn3)cccc12. The molecule has 5 rings (SSSR count). The molecule has 2 heterocycles. The molecule has 1 aliphatic rings. The molecule has 2 aromatic carbocycles. The molecule has 1 aliphatic carbocycles. The van der Waals surface area contributed by atoms with E-state index in [0.29, 0.717) is 0 Å². The van der Waals surface area contributed by atoms with Gasteiger partial charge in [0, 0.05) is 31.9 Å². The van der Waals surface area contributed by atoms with Gasteiger partial charge in [-0.1, -0.05) is 62.1 Å². The highest BCUT2D eigenvalue weighted by Crippen LogP contribution is 2.39. The quantitative estimate of drug-likeness (QED) is 0.396. The van der Waals surface area contributed by atoms with Crippen LogP contribution < -0.4 is 0 Å². The summed E-state index contributed by atoms with van der Waals surface area (Å²) in [5, 5.41) is 2.70. The number of nitrogens with zero attached hydrogens (tertiary/aromatic N) is 1. The molecule has 4 aromatic rings. The van der Waals surface area contributed by atoms with Gasteiger partial charge in [-0.15, -0.1) is 11.3 Å². The van der Waals surface area contributed by atoms with E-state index in [0.717, 1.165) is 11.6 Å². The van der Waals surface area contributed by atoms with E-state index in [1.54, 1.807) is 0 Å². The molecule has 2 aromatic heterocycles. The maximum absolute atomic E-state index is 4.71. The Labute approximate surface area is 152 Å². The first kappa shape index (κ1) is 15.1. The molecule has 0 unspecified atom stereocenters. The number of hydrogen-bond donors (Lipinski definition) is 0. The third-order valence-corrected chi connectivity index (χ3v) is 6.72. The van der Waals surface area contributed by atoms with Crippen LogP contribution in [-0.4, -0.2) is 4.98 Å². The van der Waals surface area contributed by atoms with E-state index >= 15 is 0 Å². The van der Waals surface area contributed by atoms with Crippen LogP contribution in [0.4, 0.5) is 0 Å². The van der Waals surface area contributed by atoms with Gasteiger partial charge in [0.1, 0.15) is 0 Å². The van der Waals surface area contributed by atoms with Gasteiger partial charge in [0.25, 0.3) is 0 Å². The molecule has 2 heteroatoms. The molecule has 1 nitrogen and oxygen atoms in total. The van der Waals surface area contributed by atoms with E-state index in [4.69, 9.17) is 4.98 Å². The van der Waals surface area contributed by atoms with E-state index in [1.807, 2.05) is 17.5 Å². The summed E-state index contributed by atoms with van der Waals surface area (Å²) in [5.74, 6) is 0.871. The fraction of sp³-hybridized carbons (Fsp3) is 0.261. The van der Waals surface area contributed by atoms with Crippen LogP contribution in [0.3, 0.4) is 0 Å². The van der Waals surface area contributed by atoms with Crippen LogP contribution in [0.15, 0.2) is 60.8 Å². The summed E-state index contributed by atoms with van der Waals surface area (Å²) < 4.78 is 2.71. The van der Waals surface area contributed by atoms with Gasteiger partial charge in [-0.05, 0) is 36.1 Å². The second-order valence-electron chi connectivity index (χ2n) is 7.18. The molecular weight excluding hydrogens is 322 g/mol. The van der Waals surface area contributed by atoms with Crippen LogP contribution in [0.5, 0.6) is 0 Å². The van der Waals surface area contributed by atoms with Crippen molar-refractivity contribution in [3.8, 4) is 11.3 Å². The Kier molecular flexibility index (Phi) is 3.79. The lowest BCUT2D eigenvalue weighted by Crippen LogP contribution is -1.99. The number of fused-ring (bicyclic) bond motifs is 3. The molecule has 0 atom stereocenters. The minimum absolute atomic E-state index is 0.871. The highest BCUT2D eigenvalue weighted by Gasteiger charge is 2.16. The van der Waals surface area contributed by atoms with Crippen LogP contribution in [0.2, 0.25) is 0 Å². The molecule has 0 bridgehead atoms. The van der Waals surface area contributed by atoms with Gasteiger partial charge in [0.05, 0.1) is 5.69 Å². The van der Waals surface area contributed by atoms with E-state index in [9.17, 15) is 0 Å². The third kappa shape index (κ3) is 2.75. The van der Waals surface area contributed by atoms with Crippen molar-refractivity contribution in [1.29, 1.82) is 0 Å². The largest absolute Gasteiger partial charge is 0.256 e. The molecule has 0 aliphatic heterocycles. The number of thiophene rings is 1. The lowest BCUT2D eigenvalue weighted by atomic mass is 9.97. The first-order valence-electron chi connectivity index (χ1n) is 9.24. The number of benzene rings is 2. The lowest BCUT2D eigenvalue weighted by Gasteiger charge is -2.10. The summed E-state index contributed by atoms with van der Waals surface area (Å²) in [5.41, 5.74) is 3.83. The summed E-state index contributed by atoms with van der Waals surface area (Å²) in [6.07, 6.45) is 8.80. The summed E-state index contributed by atoms with van der Waals surface area (Å²) in [4.78, 5) is 4.71. The summed E-state index contributed by atoms with van der Waals surface area (Å²) in [6, 6.07) is 19.8. The van der Waals surface area contributed by atoms with E-state index in [1.165, 1.54) is 63.4 Å². The molecular formula is C23H21NS. The average Bonchev–Trinajstić information content (AvgIpc) is 3.29. The highest BCUT2D eigenvalue weighted by atomic mass is 32.1. The van der Waals surface area contributed by atoms with E-state index in [2.05, 4.69) is 54.6 Å². The Hall–Kier alpha value is -2.19. The molecule has 0 saturated heterocycles. The van der Waals surface area contributed by atoms with Crippen LogP contribution in [0.1, 0.15) is 31.2 Å². The third-order valence-electron chi connectivity index (χ3n) is 5.50. The Bertz CT molecular complexity index is 1040. The number of pyridine rings is 1. The number of aromatic nitrogens is 1. The van der Waals surface area contributed by atoms with Crippen molar-refractivity contribution in [2.45, 2.75) is 32.1 Å². The van der Waals surface area contributed by atoms with Gasteiger partial charge in [0.15, 0.2) is 0 Å². The van der Waals surface area contributed by atoms with Gasteiger partial charge in [-0.2, -0.15) is 0 Å². The first-order chi connectivity index (χ1) is 12.4. The highest BCUT2D eigenvalue weighted by molar-refractivity contribution is 7.26. The van der Waals surface area contributed by atoms with Crippen molar-refractivity contribution in [2.75, 3.05) is 0 Å². The van der Waals surface area contributed by atoms with Gasteiger partial charge >= 0.3 is 0 Å². The fourth-order valence-electron chi connectivity index (χ4n) is 4.25. The van der Waals surface area contributed by atoms with Crippen molar-refractivity contribution in [3.63, 3.8) is 0 Å². The smallest absolute Gasteiger partial charge is 0.0719 e. The molecule has 1 fully saturated rings. The second kappa shape index (κ2) is 6.27. The fourth-order valence-corrected chi connectivity index (χ4v) is 5.47. The first-order valence-corrected chi connectivity index (χ1v) is 10.1. The molecule has 0 amide bonds. The Morgan fingerprint density at radius 2 is 1.76 bits per heavy atom. The topological polar surface area (TPSA) is 12.9 Å². The average molecular weight is 343 g/mol. The van der Waals surface area contributed by atoms with Crippen molar-refractivity contribution < 1.29 is 0 Å². The monoisotopic (exact) mass is 343 g/mol. The summed E-state index contributed by atoms with van der Waals surface area (Å²) in [7, 11) is 0. The van der Waals surface area contributed by atoms with Crippen molar-refractivity contribution in [3.05, 3.63) is 66.4 Å². The predicted molar refractivity (Wildman–Crippen MR) is 108 cm³/mol. The molecule has 0 N–H and O–H groups in total. The molecule has 0 radical (unpaired) electrons. The molecule has 1 saturated carbocycles. The van der Waals surface area contributed by atoms with Gasteiger partial charge in [-0.25, -0.2) is 0 Å². The van der Waals surface area contributed by atoms with Gasteiger partial charge in [0.2, 0.25) is 0 Å². The standard InChI is InChI=1S/C23H21NS/c1-2-7-16(6-1)14-17-12-13-24-21(15-17)20-10-5-9-19-18-8-3-4-11-22(18)25-23(19)20/h3-5,8-13,15-16H,1-2,6-7,14H2. The van der Waals surface area contributed by atoms with Crippen LogP contribution in [0, 0.1) is 5.92 Å². The van der Waals surface area contributed by atoms with E-state index < -0.39 is 0 Å². The lowest BCUT2D eigenvalue weighted by molar-refractivity contribution is 0.546. The zero-order valence-electron chi connectivity index (χ0n) is 14.2. The molecule has 25 heavy (non-hydrogen) atoms. The summed E-state index contributed by atoms with van der Waals surface area (Å²) >= 11 is 1.88. The Morgan fingerprint density at radius 1 is 0.920 bits per heavy atom. The van der Waals surface area contributed by atoms with Gasteiger partial charge in [-0.3, -0.25) is 4.98 Å². The number of rotatable bonds is 3. The normalized spacial score (nSPS) is 15.4. The van der Waals surface area contributed by atoms with Crippen LogP contribution >= 0.6 is 11.3 Å². The summed E-state index contributed by atoms with van der Waals surface area (Å²) in [6.45, 7) is 0. The zero-order chi connectivity index (χ0) is 16.6. The van der Waals surface area contributed by atoms with Crippen molar-refractivity contribution in [2.24, 2.45) is 5.92 Å². The zero-order valence-corrected chi connectivity index (χ0v) is 15.1.